The number of methoxy groups -OCH3 is 1. The van der Waals surface area contributed by atoms with E-state index in [2.05, 4.69) is 4.74 Å². The molecule has 0 fully saturated rings. The number of ether oxygens (including phenoxy) is 1. The van der Waals surface area contributed by atoms with E-state index in [1.54, 1.807) is 6.92 Å². The Labute approximate surface area is 115 Å². The Kier molecular flexibility index (Phi) is 4.96. The van der Waals surface area contributed by atoms with Crippen molar-refractivity contribution in [2.45, 2.75) is 18.8 Å². The van der Waals surface area contributed by atoms with E-state index in [0.29, 0.717) is 5.56 Å². The van der Waals surface area contributed by atoms with Crippen molar-refractivity contribution in [3.63, 3.8) is 0 Å². The summed E-state index contributed by atoms with van der Waals surface area (Å²) < 4.78 is 18.1. The van der Waals surface area contributed by atoms with Crippen LogP contribution < -0.4 is 5.73 Å². The highest BCUT2D eigenvalue weighted by Gasteiger charge is 2.31. The van der Waals surface area contributed by atoms with Gasteiger partial charge in [-0.05, 0) is 17.7 Å². The van der Waals surface area contributed by atoms with Gasteiger partial charge in [-0.15, -0.1) is 0 Å². The molecular weight excluding hydrogens is 280 g/mol. The van der Waals surface area contributed by atoms with Crippen LogP contribution in [0.2, 0.25) is 10.0 Å². The molecule has 0 aliphatic carbocycles. The van der Waals surface area contributed by atoms with E-state index in [9.17, 15) is 9.18 Å². The SMILES string of the molecule is COC(=O)CC(C)(CN)c1cc(F)c(Cl)cc1Cl. The lowest BCUT2D eigenvalue weighted by atomic mass is 9.79. The highest BCUT2D eigenvalue weighted by molar-refractivity contribution is 6.35. The minimum atomic E-state index is -0.796. The number of benzene rings is 1. The average molecular weight is 294 g/mol. The maximum absolute atomic E-state index is 13.5. The molecular formula is C12H14Cl2FNO2. The first-order valence-electron chi connectivity index (χ1n) is 5.26. The second kappa shape index (κ2) is 5.87. The summed E-state index contributed by atoms with van der Waals surface area (Å²) in [6, 6.07) is 2.51. The van der Waals surface area contributed by atoms with Crippen LogP contribution in [0.25, 0.3) is 0 Å². The topological polar surface area (TPSA) is 52.3 Å². The molecule has 0 radical (unpaired) electrons. The third kappa shape index (κ3) is 3.13. The summed E-state index contributed by atoms with van der Waals surface area (Å²) >= 11 is 11.7. The van der Waals surface area contributed by atoms with Crippen LogP contribution in [0, 0.1) is 5.82 Å². The van der Waals surface area contributed by atoms with Crippen molar-refractivity contribution in [2.75, 3.05) is 13.7 Å². The summed E-state index contributed by atoms with van der Waals surface area (Å²) in [7, 11) is 1.28. The van der Waals surface area contributed by atoms with Gasteiger partial charge in [0.05, 0.1) is 18.6 Å². The quantitative estimate of drug-likeness (QED) is 0.686. The molecule has 0 aliphatic heterocycles. The Hall–Kier alpha value is -0.840. The number of halogens is 3. The van der Waals surface area contributed by atoms with Crippen molar-refractivity contribution in [1.82, 2.24) is 0 Å². The van der Waals surface area contributed by atoms with Gasteiger partial charge in [0.25, 0.3) is 0 Å². The van der Waals surface area contributed by atoms with Gasteiger partial charge in [0.15, 0.2) is 0 Å². The van der Waals surface area contributed by atoms with Gasteiger partial charge in [-0.25, -0.2) is 4.39 Å². The normalized spacial score (nSPS) is 14.1. The maximum Gasteiger partial charge on any atom is 0.306 e. The molecule has 0 spiro atoms. The number of hydrogen-bond acceptors (Lipinski definition) is 3. The lowest BCUT2D eigenvalue weighted by molar-refractivity contribution is -0.141. The van der Waals surface area contributed by atoms with Crippen molar-refractivity contribution < 1.29 is 13.9 Å². The molecule has 1 aromatic carbocycles. The molecule has 6 heteroatoms. The molecule has 0 amide bonds. The number of hydrogen-bond donors (Lipinski definition) is 1. The van der Waals surface area contributed by atoms with Gasteiger partial charge in [-0.2, -0.15) is 0 Å². The summed E-state index contributed by atoms with van der Waals surface area (Å²) in [5, 5.41) is 0.208. The minimum absolute atomic E-state index is 0.0147. The van der Waals surface area contributed by atoms with Crippen molar-refractivity contribution in [2.24, 2.45) is 5.73 Å². The maximum atomic E-state index is 13.5. The monoisotopic (exact) mass is 293 g/mol. The molecule has 0 saturated heterocycles. The molecule has 0 aliphatic rings. The molecule has 1 rings (SSSR count). The van der Waals surface area contributed by atoms with E-state index >= 15 is 0 Å². The minimum Gasteiger partial charge on any atom is -0.469 e. The van der Waals surface area contributed by atoms with Gasteiger partial charge in [-0.1, -0.05) is 30.1 Å². The lowest BCUT2D eigenvalue weighted by Gasteiger charge is -2.28. The average Bonchev–Trinajstić information content (AvgIpc) is 2.33. The van der Waals surface area contributed by atoms with Crippen LogP contribution in [0.15, 0.2) is 12.1 Å². The summed E-state index contributed by atoms with van der Waals surface area (Å²) in [6.45, 7) is 1.85. The number of carbonyl (C=O) groups excluding carboxylic acids is 1. The van der Waals surface area contributed by atoms with Crippen LogP contribution in [0.1, 0.15) is 18.9 Å². The van der Waals surface area contributed by atoms with Gasteiger partial charge in [0.1, 0.15) is 5.82 Å². The van der Waals surface area contributed by atoms with Crippen LogP contribution in [-0.2, 0) is 14.9 Å². The first kappa shape index (κ1) is 15.2. The first-order valence-corrected chi connectivity index (χ1v) is 6.01. The molecule has 1 atom stereocenters. The number of rotatable bonds is 4. The second-order valence-corrected chi connectivity index (χ2v) is 5.08. The summed E-state index contributed by atoms with van der Waals surface area (Å²) in [4.78, 5) is 11.4. The molecule has 18 heavy (non-hydrogen) atoms. The molecule has 1 aromatic rings. The Morgan fingerprint density at radius 3 is 2.56 bits per heavy atom. The van der Waals surface area contributed by atoms with Crippen molar-refractivity contribution in [3.05, 3.63) is 33.6 Å². The van der Waals surface area contributed by atoms with E-state index in [1.807, 2.05) is 0 Å². The van der Waals surface area contributed by atoms with E-state index < -0.39 is 17.2 Å². The van der Waals surface area contributed by atoms with Crippen molar-refractivity contribution >= 4 is 29.2 Å². The van der Waals surface area contributed by atoms with Crippen molar-refractivity contribution in [1.29, 1.82) is 0 Å². The zero-order chi connectivity index (χ0) is 13.9. The fourth-order valence-electron chi connectivity index (χ4n) is 1.65. The van der Waals surface area contributed by atoms with E-state index in [-0.39, 0.29) is 23.0 Å². The second-order valence-electron chi connectivity index (χ2n) is 4.26. The highest BCUT2D eigenvalue weighted by atomic mass is 35.5. The van der Waals surface area contributed by atoms with Crippen LogP contribution in [-0.4, -0.2) is 19.6 Å². The van der Waals surface area contributed by atoms with Crippen LogP contribution in [0.3, 0.4) is 0 Å². The van der Waals surface area contributed by atoms with Crippen LogP contribution in [0.4, 0.5) is 4.39 Å². The third-order valence-corrected chi connectivity index (χ3v) is 3.48. The number of esters is 1. The molecule has 0 saturated carbocycles. The summed E-state index contributed by atoms with van der Waals surface area (Å²) in [6.07, 6.45) is 0.0147. The van der Waals surface area contributed by atoms with Gasteiger partial charge >= 0.3 is 5.97 Å². The number of nitrogens with two attached hydrogens (primary N) is 1. The molecule has 0 bridgehead atoms. The summed E-state index contributed by atoms with van der Waals surface area (Å²) in [5.41, 5.74) is 5.32. The molecule has 100 valence electrons. The fraction of sp³-hybridized carbons (Fsp3) is 0.417. The molecule has 1 unspecified atom stereocenters. The highest BCUT2D eigenvalue weighted by Crippen LogP contribution is 2.35. The Morgan fingerprint density at radius 1 is 1.44 bits per heavy atom. The molecule has 0 heterocycles. The Balaban J connectivity index is 3.23. The van der Waals surface area contributed by atoms with Crippen molar-refractivity contribution in [3.8, 4) is 0 Å². The smallest absolute Gasteiger partial charge is 0.306 e. The van der Waals surface area contributed by atoms with E-state index in [1.165, 1.54) is 19.2 Å². The predicted octanol–water partition coefficient (Wildman–Crippen LogP) is 2.91. The third-order valence-electron chi connectivity index (χ3n) is 2.87. The van der Waals surface area contributed by atoms with Gasteiger partial charge in [-0.3, -0.25) is 4.79 Å². The molecule has 0 aromatic heterocycles. The first-order chi connectivity index (χ1) is 8.34. The van der Waals surface area contributed by atoms with Gasteiger partial charge in [0.2, 0.25) is 0 Å². The van der Waals surface area contributed by atoms with Gasteiger partial charge < -0.3 is 10.5 Å². The summed E-state index contributed by atoms with van der Waals surface area (Å²) in [5.74, 6) is -1.03. The molecule has 2 N–H and O–H groups in total. The standard InChI is InChI=1S/C12H14Cl2FNO2/c1-12(6-16,5-11(17)18-2)7-3-10(15)9(14)4-8(7)13/h3-4H,5-6,16H2,1-2H3. The fourth-order valence-corrected chi connectivity index (χ4v) is 2.26. The van der Waals surface area contributed by atoms with Crippen LogP contribution >= 0.6 is 23.2 Å². The van der Waals surface area contributed by atoms with E-state index in [0.717, 1.165) is 0 Å². The zero-order valence-corrected chi connectivity index (χ0v) is 11.6. The van der Waals surface area contributed by atoms with Gasteiger partial charge in [0, 0.05) is 17.0 Å². The number of carbonyl (C=O) groups is 1. The molecule has 3 nitrogen and oxygen atoms in total. The predicted molar refractivity (Wildman–Crippen MR) is 69.5 cm³/mol. The lowest BCUT2D eigenvalue weighted by Crippen LogP contribution is -2.35. The van der Waals surface area contributed by atoms with E-state index in [4.69, 9.17) is 28.9 Å². The Morgan fingerprint density at radius 2 is 2.06 bits per heavy atom. The largest absolute Gasteiger partial charge is 0.469 e. The Bertz CT molecular complexity index is 468. The van der Waals surface area contributed by atoms with Crippen LogP contribution in [0.5, 0.6) is 0 Å². The zero-order valence-electron chi connectivity index (χ0n) is 10.1.